The average Bonchev–Trinajstić information content (AvgIpc) is 2.79. The Morgan fingerprint density at radius 3 is 2.89 bits per heavy atom. The molecule has 0 unspecified atom stereocenters. The average molecular weight is 259 g/mol. The third-order valence-electron chi connectivity index (χ3n) is 3.23. The number of benzene rings is 1. The fraction of sp³-hybridized carbons (Fsp3) is 0.438. The second-order valence-corrected chi connectivity index (χ2v) is 5.26. The highest BCUT2D eigenvalue weighted by Crippen LogP contribution is 2.19. The van der Waals surface area contributed by atoms with Crippen LogP contribution in [0.3, 0.4) is 0 Å². The Balaban J connectivity index is 1.83. The molecule has 0 saturated carbocycles. The van der Waals surface area contributed by atoms with Gasteiger partial charge in [0.2, 0.25) is 0 Å². The molecule has 19 heavy (non-hydrogen) atoms. The summed E-state index contributed by atoms with van der Waals surface area (Å²) in [6, 6.07) is 8.13. The molecule has 2 rings (SSSR count). The summed E-state index contributed by atoms with van der Waals surface area (Å²) in [6.07, 6.45) is 4.08. The SMILES string of the molecule is CC(C)CCOC(=O)CCc1c[nH]c2ccccc12. The summed E-state index contributed by atoms with van der Waals surface area (Å²) in [5.41, 5.74) is 2.29. The zero-order valence-corrected chi connectivity index (χ0v) is 11.6. The van der Waals surface area contributed by atoms with Crippen molar-refractivity contribution in [2.45, 2.75) is 33.1 Å². The molecule has 1 heterocycles. The zero-order chi connectivity index (χ0) is 13.7. The third kappa shape index (κ3) is 3.85. The first-order valence-electron chi connectivity index (χ1n) is 6.87. The van der Waals surface area contributed by atoms with Crippen molar-refractivity contribution in [3.05, 3.63) is 36.0 Å². The molecule has 0 atom stereocenters. The van der Waals surface area contributed by atoms with E-state index in [4.69, 9.17) is 4.74 Å². The molecule has 0 radical (unpaired) electrons. The summed E-state index contributed by atoms with van der Waals surface area (Å²) < 4.78 is 5.21. The standard InChI is InChI=1S/C16H21NO2/c1-12(2)9-10-19-16(18)8-7-13-11-17-15-6-4-3-5-14(13)15/h3-6,11-12,17H,7-10H2,1-2H3. The van der Waals surface area contributed by atoms with Crippen molar-refractivity contribution >= 4 is 16.9 Å². The number of ether oxygens (including phenoxy) is 1. The van der Waals surface area contributed by atoms with Gasteiger partial charge in [0.1, 0.15) is 0 Å². The summed E-state index contributed by atoms with van der Waals surface area (Å²) in [7, 11) is 0. The van der Waals surface area contributed by atoms with Crippen LogP contribution in [0, 0.1) is 5.92 Å². The molecule has 3 heteroatoms. The molecule has 1 N–H and O–H groups in total. The van der Waals surface area contributed by atoms with Gasteiger partial charge in [0.25, 0.3) is 0 Å². The van der Waals surface area contributed by atoms with Crippen molar-refractivity contribution in [3.8, 4) is 0 Å². The number of aromatic amines is 1. The van der Waals surface area contributed by atoms with Crippen LogP contribution in [0.4, 0.5) is 0 Å². The van der Waals surface area contributed by atoms with Crippen molar-refractivity contribution in [2.24, 2.45) is 5.92 Å². The summed E-state index contributed by atoms with van der Waals surface area (Å²) in [5, 5.41) is 1.19. The van der Waals surface area contributed by atoms with Crippen molar-refractivity contribution < 1.29 is 9.53 Å². The second-order valence-electron chi connectivity index (χ2n) is 5.26. The zero-order valence-electron chi connectivity index (χ0n) is 11.6. The van der Waals surface area contributed by atoms with E-state index in [1.54, 1.807) is 0 Å². The maximum atomic E-state index is 11.6. The van der Waals surface area contributed by atoms with E-state index in [-0.39, 0.29) is 5.97 Å². The monoisotopic (exact) mass is 259 g/mol. The molecule has 1 aromatic heterocycles. The highest BCUT2D eigenvalue weighted by Gasteiger charge is 2.07. The van der Waals surface area contributed by atoms with E-state index in [2.05, 4.69) is 24.9 Å². The van der Waals surface area contributed by atoms with Crippen LogP contribution in [-0.2, 0) is 16.0 Å². The van der Waals surface area contributed by atoms with Crippen LogP contribution in [0.25, 0.3) is 10.9 Å². The Morgan fingerprint density at radius 1 is 1.32 bits per heavy atom. The van der Waals surface area contributed by atoms with Crippen molar-refractivity contribution in [2.75, 3.05) is 6.61 Å². The summed E-state index contributed by atoms with van der Waals surface area (Å²) >= 11 is 0. The van der Waals surface area contributed by atoms with E-state index in [0.29, 0.717) is 18.9 Å². The number of esters is 1. The minimum absolute atomic E-state index is 0.106. The Morgan fingerprint density at radius 2 is 2.11 bits per heavy atom. The topological polar surface area (TPSA) is 42.1 Å². The second kappa shape index (κ2) is 6.41. The normalized spacial score (nSPS) is 11.1. The molecule has 2 aromatic rings. The van der Waals surface area contributed by atoms with Gasteiger partial charge < -0.3 is 9.72 Å². The Kier molecular flexibility index (Phi) is 4.61. The molecule has 1 aromatic carbocycles. The molecule has 0 fully saturated rings. The van der Waals surface area contributed by atoms with E-state index >= 15 is 0 Å². The summed E-state index contributed by atoms with van der Waals surface area (Å²) in [6.45, 7) is 4.78. The molecule has 0 amide bonds. The number of carbonyl (C=O) groups is 1. The molecule has 0 saturated heterocycles. The van der Waals surface area contributed by atoms with E-state index in [1.165, 1.54) is 10.9 Å². The van der Waals surface area contributed by atoms with Gasteiger partial charge >= 0.3 is 5.97 Å². The van der Waals surface area contributed by atoms with Gasteiger partial charge in [-0.25, -0.2) is 0 Å². The number of H-pyrrole nitrogens is 1. The van der Waals surface area contributed by atoms with Gasteiger partial charge in [-0.3, -0.25) is 4.79 Å². The lowest BCUT2D eigenvalue weighted by Crippen LogP contribution is -2.08. The highest BCUT2D eigenvalue weighted by atomic mass is 16.5. The number of para-hydroxylation sites is 1. The van der Waals surface area contributed by atoms with Crippen LogP contribution in [0.5, 0.6) is 0 Å². The maximum absolute atomic E-state index is 11.6. The van der Waals surface area contributed by atoms with Gasteiger partial charge in [-0.1, -0.05) is 32.0 Å². The minimum atomic E-state index is -0.106. The van der Waals surface area contributed by atoms with E-state index in [9.17, 15) is 4.79 Å². The number of aryl methyl sites for hydroxylation is 1. The lowest BCUT2D eigenvalue weighted by atomic mass is 10.1. The first-order chi connectivity index (χ1) is 9.16. The fourth-order valence-corrected chi connectivity index (χ4v) is 2.06. The van der Waals surface area contributed by atoms with Crippen LogP contribution in [-0.4, -0.2) is 17.6 Å². The van der Waals surface area contributed by atoms with Crippen LogP contribution in [0.2, 0.25) is 0 Å². The third-order valence-corrected chi connectivity index (χ3v) is 3.23. The van der Waals surface area contributed by atoms with Crippen molar-refractivity contribution in [1.29, 1.82) is 0 Å². The quantitative estimate of drug-likeness (QED) is 0.804. The Hall–Kier alpha value is -1.77. The number of rotatable bonds is 6. The van der Waals surface area contributed by atoms with Crippen LogP contribution >= 0.6 is 0 Å². The predicted octanol–water partition coefficient (Wildman–Crippen LogP) is 3.69. The molecular weight excluding hydrogens is 238 g/mol. The number of fused-ring (bicyclic) bond motifs is 1. The summed E-state index contributed by atoms with van der Waals surface area (Å²) in [5.74, 6) is 0.465. The predicted molar refractivity (Wildman–Crippen MR) is 77.0 cm³/mol. The van der Waals surface area contributed by atoms with Gasteiger partial charge in [0.05, 0.1) is 6.61 Å². The maximum Gasteiger partial charge on any atom is 0.306 e. The summed E-state index contributed by atoms with van der Waals surface area (Å²) in [4.78, 5) is 14.8. The first-order valence-corrected chi connectivity index (χ1v) is 6.87. The molecule has 0 aliphatic carbocycles. The van der Waals surface area contributed by atoms with Crippen LogP contribution < -0.4 is 0 Å². The Labute approximate surface area is 114 Å². The number of aromatic nitrogens is 1. The van der Waals surface area contributed by atoms with E-state index in [0.717, 1.165) is 18.4 Å². The lowest BCUT2D eigenvalue weighted by Gasteiger charge is -2.06. The van der Waals surface area contributed by atoms with Gasteiger partial charge in [0, 0.05) is 23.5 Å². The van der Waals surface area contributed by atoms with Gasteiger partial charge in [-0.05, 0) is 30.4 Å². The molecule has 0 bridgehead atoms. The minimum Gasteiger partial charge on any atom is -0.466 e. The largest absolute Gasteiger partial charge is 0.466 e. The lowest BCUT2D eigenvalue weighted by molar-refractivity contribution is -0.143. The number of nitrogens with one attached hydrogen (secondary N) is 1. The number of hydrogen-bond donors (Lipinski definition) is 1. The smallest absolute Gasteiger partial charge is 0.306 e. The van der Waals surface area contributed by atoms with Crippen LogP contribution in [0.1, 0.15) is 32.3 Å². The number of hydrogen-bond acceptors (Lipinski definition) is 2. The van der Waals surface area contributed by atoms with Crippen molar-refractivity contribution in [1.82, 2.24) is 4.98 Å². The highest BCUT2D eigenvalue weighted by molar-refractivity contribution is 5.83. The van der Waals surface area contributed by atoms with E-state index in [1.807, 2.05) is 24.4 Å². The van der Waals surface area contributed by atoms with Gasteiger partial charge in [-0.2, -0.15) is 0 Å². The van der Waals surface area contributed by atoms with Gasteiger partial charge in [-0.15, -0.1) is 0 Å². The van der Waals surface area contributed by atoms with Gasteiger partial charge in [0.15, 0.2) is 0 Å². The van der Waals surface area contributed by atoms with Crippen molar-refractivity contribution in [3.63, 3.8) is 0 Å². The van der Waals surface area contributed by atoms with E-state index < -0.39 is 0 Å². The number of carbonyl (C=O) groups excluding carboxylic acids is 1. The molecule has 0 aliphatic rings. The first kappa shape index (κ1) is 13.7. The molecule has 0 aliphatic heterocycles. The molecular formula is C16H21NO2. The molecule has 3 nitrogen and oxygen atoms in total. The molecule has 102 valence electrons. The molecule has 0 spiro atoms. The fourth-order valence-electron chi connectivity index (χ4n) is 2.06. The van der Waals surface area contributed by atoms with Crippen LogP contribution in [0.15, 0.2) is 30.5 Å². The Bertz CT molecular complexity index is 542.